The van der Waals surface area contributed by atoms with E-state index >= 15 is 0 Å². The Morgan fingerprint density at radius 3 is 2.38 bits per heavy atom. The largest absolute Gasteiger partial charge is 0.416 e. The predicted molar refractivity (Wildman–Crippen MR) is 83.0 cm³/mol. The van der Waals surface area contributed by atoms with Crippen molar-refractivity contribution < 1.29 is 22.7 Å². The molecule has 1 amide bonds. The molecule has 2 aromatic rings. The van der Waals surface area contributed by atoms with E-state index in [4.69, 9.17) is 4.74 Å². The van der Waals surface area contributed by atoms with Gasteiger partial charge in [-0.1, -0.05) is 30.3 Å². The van der Waals surface area contributed by atoms with Gasteiger partial charge in [-0.3, -0.25) is 4.79 Å². The van der Waals surface area contributed by atoms with E-state index in [1.807, 2.05) is 0 Å². The Bertz CT molecular complexity index is 798. The number of hydrogen-bond donors (Lipinski definition) is 1. The van der Waals surface area contributed by atoms with Gasteiger partial charge in [0.25, 0.3) is 5.91 Å². The molecule has 0 radical (unpaired) electrons. The van der Waals surface area contributed by atoms with Crippen LogP contribution in [0.2, 0.25) is 0 Å². The van der Waals surface area contributed by atoms with Crippen molar-refractivity contribution in [2.45, 2.75) is 12.4 Å². The third-order valence-electron chi connectivity index (χ3n) is 3.62. The molecule has 2 aromatic carbocycles. The average molecular weight is 334 g/mol. The van der Waals surface area contributed by atoms with Gasteiger partial charge in [0, 0.05) is 18.2 Å². The summed E-state index contributed by atoms with van der Waals surface area (Å²) in [4.78, 5) is 16.4. The van der Waals surface area contributed by atoms with Crippen molar-refractivity contribution in [1.29, 1.82) is 0 Å². The van der Waals surface area contributed by atoms with Crippen molar-refractivity contribution in [3.05, 3.63) is 65.2 Å². The summed E-state index contributed by atoms with van der Waals surface area (Å²) in [5.74, 6) is -0.438. The number of carbonyl (C=O) groups is 1. The third-order valence-corrected chi connectivity index (χ3v) is 3.62. The third kappa shape index (κ3) is 3.03. The van der Waals surface area contributed by atoms with Crippen molar-refractivity contribution in [3.8, 4) is 0 Å². The minimum Gasteiger partial charge on any atom is -0.352 e. The standard InChI is InChI=1S/C17H13F3N2O2/c1-24-16-15(23)21-13-5-3-2-4-12(13)14(22-16)10-6-8-11(9-7-10)17(18,19)20/h2-9,16H,1H3,(H,21,23). The van der Waals surface area contributed by atoms with Gasteiger partial charge in [0.15, 0.2) is 0 Å². The van der Waals surface area contributed by atoms with E-state index in [0.717, 1.165) is 12.1 Å². The van der Waals surface area contributed by atoms with Crippen LogP contribution in [-0.4, -0.2) is 25.0 Å². The molecule has 0 aromatic heterocycles. The number of ether oxygens (including phenoxy) is 1. The summed E-state index contributed by atoms with van der Waals surface area (Å²) < 4.78 is 43.3. The van der Waals surface area contributed by atoms with E-state index in [2.05, 4.69) is 10.3 Å². The molecule has 3 rings (SSSR count). The van der Waals surface area contributed by atoms with Gasteiger partial charge in [-0.05, 0) is 18.2 Å². The number of halogens is 3. The van der Waals surface area contributed by atoms with Gasteiger partial charge in [-0.2, -0.15) is 13.2 Å². The van der Waals surface area contributed by atoms with E-state index in [0.29, 0.717) is 22.5 Å². The second-order valence-electron chi connectivity index (χ2n) is 5.18. The molecule has 0 saturated heterocycles. The fourth-order valence-electron chi connectivity index (χ4n) is 2.45. The molecule has 0 fully saturated rings. The number of hydrogen-bond acceptors (Lipinski definition) is 3. The maximum absolute atomic E-state index is 12.7. The van der Waals surface area contributed by atoms with Crippen LogP contribution in [0.25, 0.3) is 0 Å². The highest BCUT2D eigenvalue weighted by molar-refractivity contribution is 6.19. The maximum atomic E-state index is 12.7. The van der Waals surface area contributed by atoms with E-state index in [1.165, 1.54) is 19.2 Å². The number of rotatable bonds is 2. The quantitative estimate of drug-likeness (QED) is 0.914. The molecule has 0 spiro atoms. The summed E-state index contributed by atoms with van der Waals surface area (Å²) in [5.41, 5.74) is 1.26. The summed E-state index contributed by atoms with van der Waals surface area (Å²) >= 11 is 0. The van der Waals surface area contributed by atoms with Crippen molar-refractivity contribution >= 4 is 17.3 Å². The number of benzene rings is 2. The first kappa shape index (κ1) is 16.2. The number of fused-ring (bicyclic) bond motifs is 1. The second kappa shape index (κ2) is 6.09. The minimum absolute atomic E-state index is 0.393. The van der Waals surface area contributed by atoms with Crippen LogP contribution in [0.1, 0.15) is 16.7 Å². The van der Waals surface area contributed by atoms with Crippen LogP contribution in [0.15, 0.2) is 53.5 Å². The Morgan fingerprint density at radius 1 is 1.08 bits per heavy atom. The Morgan fingerprint density at radius 2 is 1.75 bits per heavy atom. The van der Waals surface area contributed by atoms with Crippen LogP contribution in [0.4, 0.5) is 18.9 Å². The lowest BCUT2D eigenvalue weighted by atomic mass is 9.99. The molecule has 1 N–H and O–H groups in total. The number of aliphatic imine (C=N–C) groups is 1. The SMILES string of the molecule is COC1N=C(c2ccc(C(F)(F)F)cc2)c2ccccc2NC1=O. The molecule has 1 aliphatic heterocycles. The van der Waals surface area contributed by atoms with Crippen LogP contribution in [0, 0.1) is 0 Å². The van der Waals surface area contributed by atoms with Gasteiger partial charge in [-0.15, -0.1) is 0 Å². The van der Waals surface area contributed by atoms with Crippen LogP contribution >= 0.6 is 0 Å². The number of methoxy groups -OCH3 is 1. The number of nitrogens with zero attached hydrogens (tertiary/aromatic N) is 1. The monoisotopic (exact) mass is 334 g/mol. The molecule has 1 heterocycles. The summed E-state index contributed by atoms with van der Waals surface area (Å²) in [6.45, 7) is 0. The fraction of sp³-hybridized carbons (Fsp3) is 0.176. The van der Waals surface area contributed by atoms with E-state index < -0.39 is 23.9 Å². The molecule has 1 unspecified atom stereocenters. The summed E-state index contributed by atoms with van der Waals surface area (Å²) in [7, 11) is 1.34. The Labute approximate surface area is 136 Å². The lowest BCUT2D eigenvalue weighted by molar-refractivity contribution is -0.137. The molecule has 124 valence electrons. The first-order valence-electron chi connectivity index (χ1n) is 7.08. The normalized spacial score (nSPS) is 17.6. The zero-order valence-electron chi connectivity index (χ0n) is 12.6. The molecule has 1 atom stereocenters. The van der Waals surface area contributed by atoms with E-state index in [9.17, 15) is 18.0 Å². The Balaban J connectivity index is 2.11. The zero-order valence-corrected chi connectivity index (χ0v) is 12.6. The first-order chi connectivity index (χ1) is 11.4. The zero-order chi connectivity index (χ0) is 17.3. The fourth-order valence-corrected chi connectivity index (χ4v) is 2.45. The van der Waals surface area contributed by atoms with Crippen LogP contribution in [0.3, 0.4) is 0 Å². The number of anilines is 1. The van der Waals surface area contributed by atoms with Crippen molar-refractivity contribution in [2.75, 3.05) is 12.4 Å². The van der Waals surface area contributed by atoms with Crippen molar-refractivity contribution in [1.82, 2.24) is 0 Å². The number of carbonyl (C=O) groups excluding carboxylic acids is 1. The average Bonchev–Trinajstić information content (AvgIpc) is 2.70. The topological polar surface area (TPSA) is 50.7 Å². The molecule has 1 aliphatic rings. The number of para-hydroxylation sites is 1. The summed E-state index contributed by atoms with van der Waals surface area (Å²) in [6.07, 6.45) is -5.48. The van der Waals surface area contributed by atoms with Gasteiger partial charge in [0.05, 0.1) is 17.0 Å². The van der Waals surface area contributed by atoms with Crippen LogP contribution in [-0.2, 0) is 15.7 Å². The molecule has 0 aliphatic carbocycles. The highest BCUT2D eigenvalue weighted by Crippen LogP contribution is 2.30. The van der Waals surface area contributed by atoms with E-state index in [-0.39, 0.29) is 0 Å². The molecule has 24 heavy (non-hydrogen) atoms. The summed E-state index contributed by atoms with van der Waals surface area (Å²) in [6, 6.07) is 11.6. The van der Waals surface area contributed by atoms with E-state index in [1.54, 1.807) is 24.3 Å². The van der Waals surface area contributed by atoms with Gasteiger partial charge in [0.2, 0.25) is 6.23 Å². The highest BCUT2D eigenvalue weighted by Gasteiger charge is 2.31. The van der Waals surface area contributed by atoms with Gasteiger partial charge >= 0.3 is 6.18 Å². The smallest absolute Gasteiger partial charge is 0.352 e. The molecule has 7 heteroatoms. The Kier molecular flexibility index (Phi) is 4.11. The minimum atomic E-state index is -4.41. The molecule has 0 saturated carbocycles. The van der Waals surface area contributed by atoms with Gasteiger partial charge in [-0.25, -0.2) is 4.99 Å². The maximum Gasteiger partial charge on any atom is 0.416 e. The Hall–Kier alpha value is -2.67. The number of alkyl halides is 3. The number of benzodiazepines with no additional fused rings is 1. The van der Waals surface area contributed by atoms with Crippen molar-refractivity contribution in [3.63, 3.8) is 0 Å². The predicted octanol–water partition coefficient (Wildman–Crippen LogP) is 3.47. The lowest BCUT2D eigenvalue weighted by Gasteiger charge is -2.11. The van der Waals surface area contributed by atoms with Crippen LogP contribution < -0.4 is 5.32 Å². The van der Waals surface area contributed by atoms with Crippen LogP contribution in [0.5, 0.6) is 0 Å². The second-order valence-corrected chi connectivity index (χ2v) is 5.18. The number of amides is 1. The molecular formula is C17H13F3N2O2. The first-order valence-corrected chi connectivity index (χ1v) is 7.08. The molecular weight excluding hydrogens is 321 g/mol. The van der Waals surface area contributed by atoms with Crippen molar-refractivity contribution in [2.24, 2.45) is 4.99 Å². The van der Waals surface area contributed by atoms with Gasteiger partial charge < -0.3 is 10.1 Å². The summed E-state index contributed by atoms with van der Waals surface area (Å²) in [5, 5.41) is 2.70. The number of nitrogens with one attached hydrogen (secondary N) is 1. The molecule has 0 bridgehead atoms. The highest BCUT2D eigenvalue weighted by atomic mass is 19.4. The lowest BCUT2D eigenvalue weighted by Crippen LogP contribution is -2.26. The molecule has 4 nitrogen and oxygen atoms in total. The van der Waals surface area contributed by atoms with Gasteiger partial charge in [0.1, 0.15) is 0 Å².